The molecule has 0 radical (unpaired) electrons. The molecule has 4 rings (SSSR count). The molecule has 0 spiro atoms. The summed E-state index contributed by atoms with van der Waals surface area (Å²) in [4.78, 5) is 0. The van der Waals surface area contributed by atoms with Gasteiger partial charge in [0.1, 0.15) is 5.82 Å². The van der Waals surface area contributed by atoms with E-state index >= 15 is 0 Å². The molecule has 6 nitrogen and oxygen atoms in total. The van der Waals surface area contributed by atoms with Crippen LogP contribution >= 0.6 is 11.8 Å². The van der Waals surface area contributed by atoms with Gasteiger partial charge in [-0.3, -0.25) is 0 Å². The van der Waals surface area contributed by atoms with Crippen LogP contribution in [-0.4, -0.2) is 19.9 Å². The highest BCUT2D eigenvalue weighted by molar-refractivity contribution is 7.98. The van der Waals surface area contributed by atoms with Crippen LogP contribution in [0, 0.1) is 6.92 Å². The molecule has 0 aromatic carbocycles. The van der Waals surface area contributed by atoms with E-state index in [0.717, 1.165) is 16.7 Å². The Kier molecular flexibility index (Phi) is 3.07. The van der Waals surface area contributed by atoms with Crippen LogP contribution in [0.3, 0.4) is 0 Å². The molecule has 1 fully saturated rings. The highest BCUT2D eigenvalue weighted by atomic mass is 32.2. The van der Waals surface area contributed by atoms with Crippen molar-refractivity contribution in [3.63, 3.8) is 0 Å². The topological polar surface area (TPSA) is 69.9 Å². The molecule has 0 atom stereocenters. The monoisotopic (exact) mass is 302 g/mol. The Morgan fingerprint density at radius 3 is 3.00 bits per heavy atom. The van der Waals surface area contributed by atoms with E-state index in [-0.39, 0.29) is 0 Å². The van der Waals surface area contributed by atoms with Gasteiger partial charge in [0.25, 0.3) is 0 Å². The van der Waals surface area contributed by atoms with E-state index in [0.29, 0.717) is 23.3 Å². The van der Waals surface area contributed by atoms with Crippen LogP contribution in [0.15, 0.2) is 38.6 Å². The zero-order chi connectivity index (χ0) is 14.2. The standard InChI is InChI=1S/C14H14N4O2S/c1-9-15-16-14(18(9)11-4-5-11)21-8-10-7-13(20-17-10)12-3-2-6-19-12/h2-3,6-7,11H,4-5,8H2,1H3. The lowest BCUT2D eigenvalue weighted by atomic mass is 10.3. The zero-order valence-corrected chi connectivity index (χ0v) is 12.3. The van der Waals surface area contributed by atoms with E-state index in [4.69, 9.17) is 8.94 Å². The van der Waals surface area contributed by atoms with E-state index in [1.54, 1.807) is 18.0 Å². The van der Waals surface area contributed by atoms with Crippen molar-refractivity contribution in [3.8, 4) is 11.5 Å². The van der Waals surface area contributed by atoms with Gasteiger partial charge in [0, 0.05) is 17.9 Å². The van der Waals surface area contributed by atoms with Gasteiger partial charge in [-0.1, -0.05) is 16.9 Å². The molecule has 1 saturated carbocycles. The normalized spacial score (nSPS) is 14.7. The van der Waals surface area contributed by atoms with Crippen molar-refractivity contribution < 1.29 is 8.94 Å². The minimum Gasteiger partial charge on any atom is -0.461 e. The number of nitrogens with zero attached hydrogens (tertiary/aromatic N) is 4. The van der Waals surface area contributed by atoms with Crippen molar-refractivity contribution in [2.75, 3.05) is 0 Å². The summed E-state index contributed by atoms with van der Waals surface area (Å²) in [6.07, 6.45) is 4.06. The van der Waals surface area contributed by atoms with E-state index < -0.39 is 0 Å². The maximum absolute atomic E-state index is 5.29. The van der Waals surface area contributed by atoms with Crippen LogP contribution in [0.25, 0.3) is 11.5 Å². The number of aromatic nitrogens is 4. The summed E-state index contributed by atoms with van der Waals surface area (Å²) in [6, 6.07) is 6.16. The van der Waals surface area contributed by atoms with Gasteiger partial charge in [-0.2, -0.15) is 0 Å². The Labute approximate surface area is 125 Å². The third-order valence-corrected chi connectivity index (χ3v) is 4.40. The second kappa shape index (κ2) is 5.07. The molecular formula is C14H14N4O2S. The van der Waals surface area contributed by atoms with Gasteiger partial charge >= 0.3 is 0 Å². The van der Waals surface area contributed by atoms with Gasteiger partial charge in [-0.25, -0.2) is 0 Å². The molecule has 0 amide bonds. The molecule has 7 heteroatoms. The van der Waals surface area contributed by atoms with E-state index in [9.17, 15) is 0 Å². The van der Waals surface area contributed by atoms with Crippen molar-refractivity contribution in [1.29, 1.82) is 0 Å². The molecular weight excluding hydrogens is 288 g/mol. The number of hydrogen-bond donors (Lipinski definition) is 0. The summed E-state index contributed by atoms with van der Waals surface area (Å²) < 4.78 is 12.8. The SMILES string of the molecule is Cc1nnc(SCc2cc(-c3ccco3)on2)n1C1CC1. The Balaban J connectivity index is 1.48. The molecule has 0 bridgehead atoms. The third kappa shape index (κ3) is 2.49. The number of aryl methyl sites for hydroxylation is 1. The van der Waals surface area contributed by atoms with Crippen LogP contribution in [0.2, 0.25) is 0 Å². The average molecular weight is 302 g/mol. The Bertz CT molecular complexity index is 743. The molecule has 1 aliphatic rings. The first-order valence-corrected chi connectivity index (χ1v) is 7.83. The maximum Gasteiger partial charge on any atom is 0.202 e. The molecule has 3 aromatic rings. The third-order valence-electron chi connectivity index (χ3n) is 3.42. The van der Waals surface area contributed by atoms with Crippen LogP contribution in [0.1, 0.15) is 30.4 Å². The van der Waals surface area contributed by atoms with Crippen molar-refractivity contribution in [1.82, 2.24) is 19.9 Å². The number of furan rings is 1. The lowest BCUT2D eigenvalue weighted by Gasteiger charge is -2.04. The lowest BCUT2D eigenvalue weighted by Crippen LogP contribution is -1.99. The van der Waals surface area contributed by atoms with Gasteiger partial charge in [-0.15, -0.1) is 10.2 Å². The molecule has 1 aliphatic carbocycles. The summed E-state index contributed by atoms with van der Waals surface area (Å²) >= 11 is 1.64. The predicted molar refractivity (Wildman–Crippen MR) is 76.8 cm³/mol. The second-order valence-corrected chi connectivity index (χ2v) is 6.02. The summed E-state index contributed by atoms with van der Waals surface area (Å²) in [5.74, 6) is 3.03. The molecule has 0 aliphatic heterocycles. The molecule has 0 saturated heterocycles. The van der Waals surface area contributed by atoms with Crippen molar-refractivity contribution in [3.05, 3.63) is 36.0 Å². The van der Waals surface area contributed by atoms with E-state index in [2.05, 4.69) is 19.9 Å². The Morgan fingerprint density at radius 2 is 2.24 bits per heavy atom. The van der Waals surface area contributed by atoms with Gasteiger partial charge in [0.15, 0.2) is 10.9 Å². The van der Waals surface area contributed by atoms with Gasteiger partial charge < -0.3 is 13.5 Å². The summed E-state index contributed by atoms with van der Waals surface area (Å²) in [5, 5.41) is 13.4. The highest BCUT2D eigenvalue weighted by Gasteiger charge is 2.28. The Morgan fingerprint density at radius 1 is 1.33 bits per heavy atom. The first-order chi connectivity index (χ1) is 10.3. The van der Waals surface area contributed by atoms with Gasteiger partial charge in [0.2, 0.25) is 5.76 Å². The van der Waals surface area contributed by atoms with Crippen molar-refractivity contribution >= 4 is 11.8 Å². The summed E-state index contributed by atoms with van der Waals surface area (Å²) in [7, 11) is 0. The molecule has 108 valence electrons. The second-order valence-electron chi connectivity index (χ2n) is 5.08. The van der Waals surface area contributed by atoms with Crippen molar-refractivity contribution in [2.24, 2.45) is 0 Å². The fourth-order valence-corrected chi connectivity index (χ4v) is 3.19. The first kappa shape index (κ1) is 12.7. The Hall–Kier alpha value is -2.02. The van der Waals surface area contributed by atoms with Gasteiger partial charge in [0.05, 0.1) is 12.0 Å². The predicted octanol–water partition coefficient (Wildman–Crippen LogP) is 3.46. The minimum atomic E-state index is 0.582. The fraction of sp³-hybridized carbons (Fsp3) is 0.357. The van der Waals surface area contributed by atoms with E-state index in [1.165, 1.54) is 12.8 Å². The van der Waals surface area contributed by atoms with Gasteiger partial charge in [-0.05, 0) is 31.9 Å². The largest absolute Gasteiger partial charge is 0.461 e. The van der Waals surface area contributed by atoms with Crippen molar-refractivity contribution in [2.45, 2.75) is 36.7 Å². The number of hydrogen-bond acceptors (Lipinski definition) is 6. The lowest BCUT2D eigenvalue weighted by molar-refractivity contribution is 0.413. The minimum absolute atomic E-state index is 0.582. The van der Waals surface area contributed by atoms with Crippen LogP contribution < -0.4 is 0 Å². The zero-order valence-electron chi connectivity index (χ0n) is 11.5. The first-order valence-electron chi connectivity index (χ1n) is 6.85. The van der Waals surface area contributed by atoms with Crippen LogP contribution in [0.5, 0.6) is 0 Å². The molecule has 21 heavy (non-hydrogen) atoms. The summed E-state index contributed by atoms with van der Waals surface area (Å²) in [6.45, 7) is 2.00. The fourth-order valence-electron chi connectivity index (χ4n) is 2.25. The number of thioether (sulfide) groups is 1. The quantitative estimate of drug-likeness (QED) is 0.672. The van der Waals surface area contributed by atoms with Crippen LogP contribution in [-0.2, 0) is 5.75 Å². The van der Waals surface area contributed by atoms with Crippen LogP contribution in [0.4, 0.5) is 0 Å². The molecule has 3 heterocycles. The molecule has 0 unspecified atom stereocenters. The number of rotatable bonds is 5. The maximum atomic E-state index is 5.29. The molecule has 0 N–H and O–H groups in total. The van der Waals surface area contributed by atoms with E-state index in [1.807, 2.05) is 25.1 Å². The highest BCUT2D eigenvalue weighted by Crippen LogP contribution is 2.39. The summed E-state index contributed by atoms with van der Waals surface area (Å²) in [5.41, 5.74) is 0.870. The molecule has 3 aromatic heterocycles. The average Bonchev–Trinajstić information content (AvgIpc) is 2.94. The smallest absolute Gasteiger partial charge is 0.202 e.